The minimum Gasteiger partial charge on any atom is -0.497 e. The second-order valence-electron chi connectivity index (χ2n) is 15.7. The Balaban J connectivity index is 1.71. The molecule has 3 N–H and O–H groups in total. The number of alkyl carbamates (subject to hydrolysis) is 1. The van der Waals surface area contributed by atoms with Crippen LogP contribution in [0.25, 0.3) is 5.95 Å². The number of carbonyl (C=O) groups excluding carboxylic acids is 3. The van der Waals surface area contributed by atoms with Crippen molar-refractivity contribution in [3.63, 3.8) is 0 Å². The molecule has 4 rings (SSSR count). The van der Waals surface area contributed by atoms with E-state index in [1.165, 1.54) is 45.5 Å². The molecule has 58 heavy (non-hydrogen) atoms. The van der Waals surface area contributed by atoms with Crippen LogP contribution in [0.3, 0.4) is 0 Å². The number of ether oxygens (including phenoxy) is 6. The number of hydrogen-bond donors (Lipinski definition) is 3. The summed E-state index contributed by atoms with van der Waals surface area (Å²) >= 11 is 0. The Morgan fingerprint density at radius 1 is 0.948 bits per heavy atom. The van der Waals surface area contributed by atoms with Gasteiger partial charge < -0.3 is 33.5 Å². The molecule has 0 aliphatic heterocycles. The van der Waals surface area contributed by atoms with Gasteiger partial charge in [0.25, 0.3) is 5.95 Å². The van der Waals surface area contributed by atoms with Gasteiger partial charge in [0, 0.05) is 29.6 Å². The smallest absolute Gasteiger partial charge is 0.412 e. The van der Waals surface area contributed by atoms with Crippen LogP contribution in [0.1, 0.15) is 83.8 Å². The van der Waals surface area contributed by atoms with Crippen LogP contribution in [0.2, 0.25) is 0 Å². The second-order valence-corrected chi connectivity index (χ2v) is 15.7. The number of amidine groups is 1. The molecule has 18 heteroatoms. The predicted molar refractivity (Wildman–Crippen MR) is 206 cm³/mol. The third-order valence-corrected chi connectivity index (χ3v) is 7.99. The molecule has 1 atom stereocenters. The first-order valence-electron chi connectivity index (χ1n) is 18.2. The molecule has 0 fully saturated rings. The molecular formula is C40H50FN7O10. The van der Waals surface area contributed by atoms with Gasteiger partial charge in [-0.1, -0.05) is 45.0 Å². The molecular weight excluding hydrogens is 757 g/mol. The Hall–Kier alpha value is -6.17. The quantitative estimate of drug-likeness (QED) is 0.0327. The Bertz CT molecular complexity index is 2060. The number of aliphatic hydroxyl groups is 1. The molecule has 0 saturated carbocycles. The lowest BCUT2D eigenvalue weighted by atomic mass is 9.90. The van der Waals surface area contributed by atoms with E-state index in [4.69, 9.17) is 33.8 Å². The molecule has 4 aromatic rings. The van der Waals surface area contributed by atoms with Crippen molar-refractivity contribution in [1.29, 1.82) is 5.41 Å². The molecule has 0 radical (unpaired) electrons. The minimum atomic E-state index is -1.68. The lowest BCUT2D eigenvalue weighted by molar-refractivity contribution is -0.180. The molecule has 2 aromatic heterocycles. The van der Waals surface area contributed by atoms with Crippen LogP contribution in [0.4, 0.5) is 9.18 Å². The minimum absolute atomic E-state index is 0.0169. The average molecular weight is 808 g/mol. The number of rotatable bonds is 16. The van der Waals surface area contributed by atoms with Gasteiger partial charge in [-0.05, 0) is 64.2 Å². The van der Waals surface area contributed by atoms with Gasteiger partial charge in [-0.15, -0.1) is 9.78 Å². The highest BCUT2D eigenvalue weighted by Gasteiger charge is 2.41. The number of methoxy groups -OCH3 is 1. The first kappa shape index (κ1) is 44.5. The molecule has 2 aromatic carbocycles. The van der Waals surface area contributed by atoms with E-state index in [0.29, 0.717) is 11.1 Å². The van der Waals surface area contributed by atoms with E-state index in [9.17, 15) is 19.5 Å². The van der Waals surface area contributed by atoms with Gasteiger partial charge >= 0.3 is 24.0 Å². The zero-order chi connectivity index (χ0) is 42.8. The highest BCUT2D eigenvalue weighted by molar-refractivity contribution is 6.04. The standard InChI is InChI=1S/C40H50FN7O10/c1-38(2,3)22-55-37(52)45-31(42)25-13-11-24(12-14-25)19-28(27-20-26(53-9)21-29(30(27)41)54-18-17-49)32-46-36(48(47-32)35-43-15-10-16-44-35)57-23-56-33(50)40(7,8)34(51)58-39(4,5)6/h10-16,20-21,28,49H,17-19,22-23H2,1-9H3,(H2,42,45,52)/t28-/m1/s1. The van der Waals surface area contributed by atoms with Crippen LogP contribution in [0.15, 0.2) is 54.9 Å². The van der Waals surface area contributed by atoms with Crippen molar-refractivity contribution < 1.29 is 52.3 Å². The van der Waals surface area contributed by atoms with Crippen LogP contribution in [0.5, 0.6) is 17.5 Å². The van der Waals surface area contributed by atoms with E-state index in [0.717, 1.165) is 4.68 Å². The van der Waals surface area contributed by atoms with E-state index in [2.05, 4.69) is 25.4 Å². The number of hydrogen-bond acceptors (Lipinski definition) is 15. The molecule has 0 aliphatic carbocycles. The van der Waals surface area contributed by atoms with Gasteiger partial charge in [-0.25, -0.2) is 19.2 Å². The molecule has 0 spiro atoms. The summed E-state index contributed by atoms with van der Waals surface area (Å²) in [6.07, 6.45) is 2.22. The van der Waals surface area contributed by atoms with Crippen molar-refractivity contribution in [2.45, 2.75) is 73.3 Å². The maximum absolute atomic E-state index is 16.4. The van der Waals surface area contributed by atoms with Crippen molar-refractivity contribution in [2.24, 2.45) is 10.8 Å². The van der Waals surface area contributed by atoms with Crippen molar-refractivity contribution in [3.05, 3.63) is 83.2 Å². The predicted octanol–water partition coefficient (Wildman–Crippen LogP) is 5.30. The number of carbonyl (C=O) groups is 3. The van der Waals surface area contributed by atoms with E-state index in [-0.39, 0.29) is 72.3 Å². The van der Waals surface area contributed by atoms with E-state index >= 15 is 4.39 Å². The Labute approximate surface area is 335 Å². The first-order chi connectivity index (χ1) is 27.2. The summed E-state index contributed by atoms with van der Waals surface area (Å²) in [6.45, 7) is 12.4. The van der Waals surface area contributed by atoms with Gasteiger partial charge in [-0.3, -0.25) is 20.3 Å². The van der Waals surface area contributed by atoms with E-state index in [1.54, 1.807) is 51.1 Å². The number of aliphatic hydroxyl groups excluding tert-OH is 1. The Morgan fingerprint density at radius 3 is 2.22 bits per heavy atom. The largest absolute Gasteiger partial charge is 0.497 e. The van der Waals surface area contributed by atoms with Crippen LogP contribution in [0, 0.1) is 22.1 Å². The number of nitrogens with one attached hydrogen (secondary N) is 2. The number of aromatic nitrogens is 5. The van der Waals surface area contributed by atoms with Gasteiger partial charge in [0.1, 0.15) is 23.8 Å². The van der Waals surface area contributed by atoms with Gasteiger partial charge in [0.2, 0.25) is 6.79 Å². The number of halogens is 1. The maximum atomic E-state index is 16.4. The molecule has 0 saturated heterocycles. The summed E-state index contributed by atoms with van der Waals surface area (Å²) in [4.78, 5) is 51.2. The van der Waals surface area contributed by atoms with E-state index < -0.39 is 47.6 Å². The molecule has 1 amide bonds. The average Bonchev–Trinajstić information content (AvgIpc) is 3.59. The second kappa shape index (κ2) is 18.8. The number of amides is 1. The highest BCUT2D eigenvalue weighted by Crippen LogP contribution is 2.37. The van der Waals surface area contributed by atoms with Crippen LogP contribution >= 0.6 is 0 Å². The summed E-state index contributed by atoms with van der Waals surface area (Å²) in [7, 11) is 1.40. The fourth-order valence-electron chi connectivity index (χ4n) is 4.99. The zero-order valence-corrected chi connectivity index (χ0v) is 34.0. The van der Waals surface area contributed by atoms with Crippen LogP contribution in [-0.2, 0) is 30.2 Å². The lowest BCUT2D eigenvalue weighted by Crippen LogP contribution is -2.40. The number of esters is 2. The first-order valence-corrected chi connectivity index (χ1v) is 18.2. The summed E-state index contributed by atoms with van der Waals surface area (Å²) in [5, 5.41) is 24.8. The topological polar surface area (TPSA) is 219 Å². The molecule has 312 valence electrons. The fraction of sp³-hybridized carbons (Fsp3) is 0.450. The maximum Gasteiger partial charge on any atom is 0.412 e. The third kappa shape index (κ3) is 12.2. The molecule has 0 unspecified atom stereocenters. The van der Waals surface area contributed by atoms with Crippen molar-refractivity contribution in [1.82, 2.24) is 30.0 Å². The van der Waals surface area contributed by atoms with E-state index in [1.807, 2.05) is 20.8 Å². The normalized spacial score (nSPS) is 12.3. The van der Waals surface area contributed by atoms with Crippen LogP contribution in [-0.4, -0.2) is 93.0 Å². The SMILES string of the molecule is COc1cc(OCCO)c(F)c([C@@H](Cc2ccc(C(=N)NC(=O)OCC(C)(C)C)cc2)c2nc(OCOC(=O)C(C)(C)C(=O)OC(C)(C)C)n(-c3ncccn3)n2)c1. The van der Waals surface area contributed by atoms with Crippen LogP contribution < -0.4 is 19.5 Å². The lowest BCUT2D eigenvalue weighted by Gasteiger charge is -2.26. The summed E-state index contributed by atoms with van der Waals surface area (Å²) < 4.78 is 50.3. The van der Waals surface area contributed by atoms with Crippen molar-refractivity contribution in [2.75, 3.05) is 33.7 Å². The molecule has 0 aliphatic rings. The Kier molecular flexibility index (Phi) is 14.5. The van der Waals surface area contributed by atoms with Gasteiger partial charge in [0.05, 0.1) is 26.2 Å². The third-order valence-electron chi connectivity index (χ3n) is 7.99. The number of benzene rings is 2. The van der Waals surface area contributed by atoms with Gasteiger partial charge in [-0.2, -0.15) is 4.98 Å². The summed E-state index contributed by atoms with van der Waals surface area (Å²) in [5.41, 5.74) is -1.71. The molecule has 17 nitrogen and oxygen atoms in total. The van der Waals surface area contributed by atoms with Crippen molar-refractivity contribution in [3.8, 4) is 23.5 Å². The number of nitrogens with zero attached hydrogens (tertiary/aromatic N) is 5. The fourth-order valence-corrected chi connectivity index (χ4v) is 4.99. The van der Waals surface area contributed by atoms with Gasteiger partial charge in [0.15, 0.2) is 22.8 Å². The molecule has 0 bridgehead atoms. The highest BCUT2D eigenvalue weighted by atomic mass is 19.1. The van der Waals surface area contributed by atoms with Crippen molar-refractivity contribution >= 4 is 23.9 Å². The molecule has 2 heterocycles. The summed E-state index contributed by atoms with van der Waals surface area (Å²) in [5.74, 6) is -3.58. The summed E-state index contributed by atoms with van der Waals surface area (Å²) in [6, 6.07) is 10.8. The zero-order valence-electron chi connectivity index (χ0n) is 34.0. The monoisotopic (exact) mass is 807 g/mol. The Morgan fingerprint density at radius 2 is 1.62 bits per heavy atom.